The number of ether oxygens (including phenoxy) is 2. The lowest BCUT2D eigenvalue weighted by Crippen LogP contribution is -2.38. The van der Waals surface area contributed by atoms with Gasteiger partial charge in [-0.25, -0.2) is 9.59 Å². The first kappa shape index (κ1) is 23.8. The summed E-state index contributed by atoms with van der Waals surface area (Å²) in [6.07, 6.45) is -1.12. The number of hydrogen-bond acceptors (Lipinski definition) is 7. The number of carbonyl (C=O) groups excluding carboxylic acids is 4. The number of hydrogen-bond donors (Lipinski definition) is 1. The predicted octanol–water partition coefficient (Wildman–Crippen LogP) is 3.80. The highest BCUT2D eigenvalue weighted by Gasteiger charge is 2.39. The van der Waals surface area contributed by atoms with E-state index in [4.69, 9.17) is 14.3 Å². The third-order valence-corrected chi connectivity index (χ3v) is 4.61. The van der Waals surface area contributed by atoms with Crippen molar-refractivity contribution in [2.45, 2.75) is 45.8 Å². The van der Waals surface area contributed by atoms with Crippen molar-refractivity contribution in [3.05, 3.63) is 65.2 Å². The van der Waals surface area contributed by atoms with Crippen LogP contribution in [0, 0.1) is 0 Å². The standard InChI is InChI=1S/C24H26N2O7/c1-5-31-19-13-9-8-12-17(19)18(25-23(30)32-24(2,3)4)14-20(27)33-26-21(28)15-10-6-7-11-16(15)22(26)29/h6-13,18H,5,14H2,1-4H3,(H,25,30)/t18-/m0/s1. The maximum atomic E-state index is 12.8. The molecule has 1 aliphatic heterocycles. The summed E-state index contributed by atoms with van der Waals surface area (Å²) in [6.45, 7) is 7.32. The summed E-state index contributed by atoms with van der Waals surface area (Å²) in [5.41, 5.74) is 0.0692. The van der Waals surface area contributed by atoms with Crippen LogP contribution in [-0.4, -0.2) is 41.1 Å². The average Bonchev–Trinajstić information content (AvgIpc) is 2.98. The maximum absolute atomic E-state index is 12.8. The van der Waals surface area contributed by atoms with E-state index >= 15 is 0 Å². The Morgan fingerprint density at radius 2 is 1.55 bits per heavy atom. The molecule has 1 aliphatic rings. The molecule has 0 bridgehead atoms. The number of imide groups is 1. The first-order valence-corrected chi connectivity index (χ1v) is 10.5. The van der Waals surface area contributed by atoms with Crippen molar-refractivity contribution < 1.29 is 33.5 Å². The van der Waals surface area contributed by atoms with E-state index in [2.05, 4.69) is 5.32 Å². The Balaban J connectivity index is 1.80. The molecule has 3 amide bonds. The molecule has 0 unspecified atom stereocenters. The van der Waals surface area contributed by atoms with Crippen molar-refractivity contribution in [3.8, 4) is 5.75 Å². The summed E-state index contributed by atoms with van der Waals surface area (Å²) in [6, 6.07) is 12.2. The Bertz CT molecular complexity index is 1040. The largest absolute Gasteiger partial charge is 0.494 e. The maximum Gasteiger partial charge on any atom is 0.408 e. The fourth-order valence-electron chi connectivity index (χ4n) is 3.30. The molecular weight excluding hydrogens is 428 g/mol. The zero-order valence-corrected chi connectivity index (χ0v) is 18.9. The van der Waals surface area contributed by atoms with E-state index < -0.39 is 35.5 Å². The number of fused-ring (bicyclic) bond motifs is 1. The van der Waals surface area contributed by atoms with Gasteiger partial charge >= 0.3 is 12.1 Å². The van der Waals surface area contributed by atoms with Gasteiger partial charge in [-0.05, 0) is 45.9 Å². The molecule has 0 spiro atoms. The third kappa shape index (κ3) is 5.68. The second-order valence-corrected chi connectivity index (χ2v) is 8.29. The molecule has 174 valence electrons. The van der Waals surface area contributed by atoms with Crippen LogP contribution in [0.25, 0.3) is 0 Å². The lowest BCUT2D eigenvalue weighted by molar-refractivity contribution is -0.169. The van der Waals surface area contributed by atoms with Crippen LogP contribution in [0.15, 0.2) is 48.5 Å². The monoisotopic (exact) mass is 454 g/mol. The summed E-state index contributed by atoms with van der Waals surface area (Å²) in [5.74, 6) is -1.88. The highest BCUT2D eigenvalue weighted by molar-refractivity contribution is 6.20. The van der Waals surface area contributed by atoms with Gasteiger partial charge in [0.15, 0.2) is 0 Å². The van der Waals surface area contributed by atoms with Gasteiger partial charge in [0.05, 0.1) is 30.2 Å². The van der Waals surface area contributed by atoms with E-state index in [9.17, 15) is 19.2 Å². The number of rotatable bonds is 7. The van der Waals surface area contributed by atoms with Crippen LogP contribution >= 0.6 is 0 Å². The molecule has 3 rings (SSSR count). The van der Waals surface area contributed by atoms with Crippen LogP contribution in [0.1, 0.15) is 66.4 Å². The molecule has 0 saturated carbocycles. The summed E-state index contributed by atoms with van der Waals surface area (Å²) in [4.78, 5) is 55.3. The quantitative estimate of drug-likeness (QED) is 0.634. The number of hydroxylamine groups is 2. The minimum atomic E-state index is -0.898. The average molecular weight is 454 g/mol. The first-order chi connectivity index (χ1) is 15.6. The molecule has 2 aromatic rings. The van der Waals surface area contributed by atoms with Crippen LogP contribution < -0.4 is 10.1 Å². The zero-order chi connectivity index (χ0) is 24.2. The highest BCUT2D eigenvalue weighted by Crippen LogP contribution is 2.29. The number of carbonyl (C=O) groups is 4. The van der Waals surface area contributed by atoms with Crippen LogP contribution in [0.4, 0.5) is 4.79 Å². The molecule has 1 heterocycles. The molecular formula is C24H26N2O7. The number of amides is 3. The summed E-state index contributed by atoms with van der Waals surface area (Å²) < 4.78 is 10.9. The summed E-state index contributed by atoms with van der Waals surface area (Å²) >= 11 is 0. The SMILES string of the molecule is CCOc1ccccc1[C@H](CC(=O)ON1C(=O)c2ccccc2C1=O)NC(=O)OC(C)(C)C. The normalized spacial score (nSPS) is 13.9. The number of nitrogens with one attached hydrogen (secondary N) is 1. The van der Waals surface area contributed by atoms with Gasteiger partial charge in [-0.15, -0.1) is 0 Å². The number of benzene rings is 2. The van der Waals surface area contributed by atoms with Crippen molar-refractivity contribution in [2.75, 3.05) is 6.61 Å². The van der Waals surface area contributed by atoms with Crippen molar-refractivity contribution in [3.63, 3.8) is 0 Å². The molecule has 0 aliphatic carbocycles. The number of alkyl carbamates (subject to hydrolysis) is 1. The van der Waals surface area contributed by atoms with E-state index in [0.29, 0.717) is 23.0 Å². The molecule has 1 N–H and O–H groups in total. The summed E-state index contributed by atoms with van der Waals surface area (Å²) in [5, 5.41) is 3.09. The number of nitrogens with zero attached hydrogens (tertiary/aromatic N) is 1. The van der Waals surface area contributed by atoms with Crippen molar-refractivity contribution in [1.29, 1.82) is 0 Å². The fraction of sp³-hybridized carbons (Fsp3) is 0.333. The Kier molecular flexibility index (Phi) is 7.01. The Labute approximate surface area is 191 Å². The molecule has 9 nitrogen and oxygen atoms in total. The molecule has 1 atom stereocenters. The van der Waals surface area contributed by atoms with Gasteiger partial charge < -0.3 is 19.6 Å². The van der Waals surface area contributed by atoms with Crippen LogP contribution in [0.3, 0.4) is 0 Å². The molecule has 33 heavy (non-hydrogen) atoms. The molecule has 0 radical (unpaired) electrons. The van der Waals surface area contributed by atoms with Crippen LogP contribution in [0.2, 0.25) is 0 Å². The lowest BCUT2D eigenvalue weighted by atomic mass is 10.0. The van der Waals surface area contributed by atoms with Gasteiger partial charge in [-0.2, -0.15) is 0 Å². The van der Waals surface area contributed by atoms with E-state index in [1.807, 2.05) is 6.92 Å². The van der Waals surface area contributed by atoms with Crippen LogP contribution in [0.5, 0.6) is 5.75 Å². The van der Waals surface area contributed by atoms with Crippen molar-refractivity contribution in [2.24, 2.45) is 0 Å². The molecule has 0 aromatic heterocycles. The van der Waals surface area contributed by atoms with E-state index in [1.165, 1.54) is 12.1 Å². The Hall–Kier alpha value is -3.88. The molecule has 0 saturated heterocycles. The van der Waals surface area contributed by atoms with E-state index in [1.54, 1.807) is 57.2 Å². The van der Waals surface area contributed by atoms with Crippen molar-refractivity contribution in [1.82, 2.24) is 10.4 Å². The summed E-state index contributed by atoms with van der Waals surface area (Å²) in [7, 11) is 0. The van der Waals surface area contributed by atoms with Crippen molar-refractivity contribution >= 4 is 23.9 Å². The molecule has 0 fully saturated rings. The second kappa shape index (κ2) is 9.72. The van der Waals surface area contributed by atoms with Gasteiger partial charge in [0.2, 0.25) is 0 Å². The fourth-order valence-corrected chi connectivity index (χ4v) is 3.30. The van der Waals surface area contributed by atoms with E-state index in [0.717, 1.165) is 0 Å². The van der Waals surface area contributed by atoms with Gasteiger partial charge in [0.25, 0.3) is 11.8 Å². The Morgan fingerprint density at radius 3 is 2.12 bits per heavy atom. The lowest BCUT2D eigenvalue weighted by Gasteiger charge is -2.25. The second-order valence-electron chi connectivity index (χ2n) is 8.29. The minimum Gasteiger partial charge on any atom is -0.494 e. The van der Waals surface area contributed by atoms with E-state index in [-0.39, 0.29) is 17.5 Å². The van der Waals surface area contributed by atoms with Crippen LogP contribution in [-0.2, 0) is 14.4 Å². The third-order valence-electron chi connectivity index (χ3n) is 4.61. The van der Waals surface area contributed by atoms with Gasteiger partial charge in [-0.1, -0.05) is 35.4 Å². The molecule has 9 heteroatoms. The van der Waals surface area contributed by atoms with Gasteiger partial charge in [0, 0.05) is 5.56 Å². The zero-order valence-electron chi connectivity index (χ0n) is 18.9. The van der Waals surface area contributed by atoms with Gasteiger partial charge in [-0.3, -0.25) is 9.59 Å². The number of para-hydroxylation sites is 1. The topological polar surface area (TPSA) is 111 Å². The highest BCUT2D eigenvalue weighted by atomic mass is 16.7. The molecule has 2 aromatic carbocycles. The minimum absolute atomic E-state index is 0.153. The van der Waals surface area contributed by atoms with Gasteiger partial charge in [0.1, 0.15) is 11.4 Å². The smallest absolute Gasteiger partial charge is 0.408 e. The first-order valence-electron chi connectivity index (χ1n) is 10.5. The Morgan fingerprint density at radius 1 is 0.970 bits per heavy atom. The predicted molar refractivity (Wildman–Crippen MR) is 117 cm³/mol.